The van der Waals surface area contributed by atoms with Crippen molar-refractivity contribution in [1.82, 2.24) is 14.8 Å². The van der Waals surface area contributed by atoms with Crippen LogP contribution in [0.1, 0.15) is 5.56 Å². The minimum absolute atomic E-state index is 0.0000160. The van der Waals surface area contributed by atoms with E-state index in [1.165, 1.54) is 0 Å². The van der Waals surface area contributed by atoms with E-state index in [0.29, 0.717) is 28.9 Å². The molecule has 2 heterocycles. The predicted octanol–water partition coefficient (Wildman–Crippen LogP) is 7.04. The third-order valence-corrected chi connectivity index (χ3v) is 6.42. The lowest BCUT2D eigenvalue weighted by Gasteiger charge is -2.11. The lowest BCUT2D eigenvalue weighted by atomic mass is 10.2. The molecule has 2 aromatic carbocycles. The average molecular weight is 572 g/mol. The van der Waals surface area contributed by atoms with Crippen molar-refractivity contribution >= 4 is 61.9 Å². The highest BCUT2D eigenvalue weighted by Gasteiger charge is 2.31. The van der Waals surface area contributed by atoms with Crippen molar-refractivity contribution in [3.63, 3.8) is 0 Å². The summed E-state index contributed by atoms with van der Waals surface area (Å²) >= 11 is 10.4. The molecule has 0 radical (unpaired) electrons. The van der Waals surface area contributed by atoms with E-state index in [4.69, 9.17) is 16.0 Å². The van der Waals surface area contributed by atoms with Crippen LogP contribution in [0.2, 0.25) is 5.02 Å². The van der Waals surface area contributed by atoms with E-state index in [2.05, 4.69) is 38.0 Å². The molecule has 0 atom stereocenters. The predicted molar refractivity (Wildman–Crippen MR) is 129 cm³/mol. The SMILES string of the molecule is C=CCn1c(SCC(=O)Nc2cc(C(F)(F)F)ccc2Cl)nnc1-c1cc2cc(Br)ccc2o1. The number of amides is 1. The normalized spacial score (nSPS) is 11.7. The number of hydrogen-bond acceptors (Lipinski definition) is 5. The van der Waals surface area contributed by atoms with Crippen LogP contribution in [0, 0.1) is 0 Å². The molecule has 34 heavy (non-hydrogen) atoms. The van der Waals surface area contributed by atoms with Crippen molar-refractivity contribution in [1.29, 1.82) is 0 Å². The number of benzene rings is 2. The Bertz CT molecular complexity index is 1390. The van der Waals surface area contributed by atoms with Gasteiger partial charge in [-0.05, 0) is 42.5 Å². The lowest BCUT2D eigenvalue weighted by molar-refractivity contribution is -0.137. The lowest BCUT2D eigenvalue weighted by Crippen LogP contribution is -2.16. The van der Waals surface area contributed by atoms with Crippen molar-refractivity contribution < 1.29 is 22.4 Å². The molecule has 0 aliphatic heterocycles. The first-order valence-corrected chi connectivity index (χ1v) is 11.8. The number of nitrogens with zero attached hydrogens (tertiary/aromatic N) is 3. The van der Waals surface area contributed by atoms with E-state index >= 15 is 0 Å². The van der Waals surface area contributed by atoms with Gasteiger partial charge in [0.2, 0.25) is 11.7 Å². The minimum atomic E-state index is -4.55. The quantitative estimate of drug-likeness (QED) is 0.190. The number of nitrogens with one attached hydrogen (secondary N) is 1. The number of carbonyl (C=O) groups is 1. The zero-order valence-electron chi connectivity index (χ0n) is 17.2. The van der Waals surface area contributed by atoms with Gasteiger partial charge in [0.1, 0.15) is 5.58 Å². The van der Waals surface area contributed by atoms with E-state index in [9.17, 15) is 18.0 Å². The van der Waals surface area contributed by atoms with Crippen molar-refractivity contribution in [2.75, 3.05) is 11.1 Å². The maximum Gasteiger partial charge on any atom is 0.416 e. The Morgan fingerprint density at radius 3 is 2.76 bits per heavy atom. The molecule has 2 aromatic heterocycles. The van der Waals surface area contributed by atoms with Gasteiger partial charge in [0.15, 0.2) is 10.9 Å². The van der Waals surface area contributed by atoms with Gasteiger partial charge in [-0.1, -0.05) is 45.4 Å². The summed E-state index contributed by atoms with van der Waals surface area (Å²) in [7, 11) is 0. The third kappa shape index (κ3) is 5.31. The van der Waals surface area contributed by atoms with Crippen molar-refractivity contribution in [3.8, 4) is 11.6 Å². The summed E-state index contributed by atoms with van der Waals surface area (Å²) < 4.78 is 47.4. The Balaban J connectivity index is 1.52. The highest BCUT2D eigenvalue weighted by atomic mass is 79.9. The molecule has 0 spiro atoms. The Morgan fingerprint density at radius 1 is 1.24 bits per heavy atom. The zero-order chi connectivity index (χ0) is 24.5. The number of aromatic nitrogens is 3. The summed E-state index contributed by atoms with van der Waals surface area (Å²) in [5.74, 6) is 0.273. The van der Waals surface area contributed by atoms with E-state index in [0.717, 1.165) is 39.8 Å². The summed E-state index contributed by atoms with van der Waals surface area (Å²) in [4.78, 5) is 12.4. The topological polar surface area (TPSA) is 73.0 Å². The second kappa shape index (κ2) is 9.85. The molecule has 1 amide bonds. The molecular weight excluding hydrogens is 557 g/mol. The highest BCUT2D eigenvalue weighted by Crippen LogP contribution is 2.34. The fourth-order valence-corrected chi connectivity index (χ4v) is 4.40. The van der Waals surface area contributed by atoms with E-state index in [1.807, 2.05) is 24.3 Å². The minimum Gasteiger partial charge on any atom is -0.453 e. The van der Waals surface area contributed by atoms with Crippen LogP contribution in [0.5, 0.6) is 0 Å². The van der Waals surface area contributed by atoms with E-state index in [-0.39, 0.29) is 16.5 Å². The number of rotatable bonds is 7. The van der Waals surface area contributed by atoms with Crippen LogP contribution in [0.3, 0.4) is 0 Å². The molecule has 1 N–H and O–H groups in total. The second-order valence-electron chi connectivity index (χ2n) is 7.03. The maximum atomic E-state index is 13.0. The number of fused-ring (bicyclic) bond motifs is 1. The van der Waals surface area contributed by atoms with Gasteiger partial charge in [-0.15, -0.1) is 16.8 Å². The van der Waals surface area contributed by atoms with Gasteiger partial charge in [-0.25, -0.2) is 0 Å². The first-order valence-electron chi connectivity index (χ1n) is 9.68. The first kappa shape index (κ1) is 24.4. The number of hydrogen-bond donors (Lipinski definition) is 1. The summed E-state index contributed by atoms with van der Waals surface area (Å²) in [6.45, 7) is 4.10. The Kier molecular flexibility index (Phi) is 7.06. The molecular formula is C22H15BrClF3N4O2S. The molecule has 0 saturated heterocycles. The molecule has 12 heteroatoms. The molecule has 0 saturated carbocycles. The number of halogens is 5. The number of allylic oxidation sites excluding steroid dienone is 1. The molecule has 176 valence electrons. The van der Waals surface area contributed by atoms with Gasteiger partial charge in [0.25, 0.3) is 0 Å². The van der Waals surface area contributed by atoms with Crippen LogP contribution in [0.15, 0.2) is 69.2 Å². The van der Waals surface area contributed by atoms with Crippen molar-refractivity contribution in [3.05, 3.63) is 70.2 Å². The van der Waals surface area contributed by atoms with Gasteiger partial charge in [0.05, 0.1) is 22.0 Å². The first-order chi connectivity index (χ1) is 16.2. The van der Waals surface area contributed by atoms with Crippen LogP contribution in [0.25, 0.3) is 22.6 Å². The smallest absolute Gasteiger partial charge is 0.416 e. The Labute approximate surface area is 209 Å². The number of anilines is 1. The van der Waals surface area contributed by atoms with Gasteiger partial charge >= 0.3 is 6.18 Å². The van der Waals surface area contributed by atoms with Gasteiger partial charge in [-0.3, -0.25) is 9.36 Å². The summed E-state index contributed by atoms with van der Waals surface area (Å²) in [6, 6.07) is 10.2. The van der Waals surface area contributed by atoms with Gasteiger partial charge in [0, 0.05) is 16.4 Å². The van der Waals surface area contributed by atoms with Crippen molar-refractivity contribution in [2.24, 2.45) is 0 Å². The van der Waals surface area contributed by atoms with Crippen LogP contribution < -0.4 is 5.32 Å². The second-order valence-corrected chi connectivity index (χ2v) is 9.29. The Morgan fingerprint density at radius 2 is 2.03 bits per heavy atom. The molecule has 6 nitrogen and oxygen atoms in total. The summed E-state index contributed by atoms with van der Waals surface area (Å²) in [5.41, 5.74) is -0.352. The number of carbonyl (C=O) groups excluding carboxylic acids is 1. The summed E-state index contributed by atoms with van der Waals surface area (Å²) in [5, 5.41) is 12.1. The highest BCUT2D eigenvalue weighted by molar-refractivity contribution is 9.10. The van der Waals surface area contributed by atoms with Crippen LogP contribution >= 0.6 is 39.3 Å². The summed E-state index contributed by atoms with van der Waals surface area (Å²) in [6.07, 6.45) is -2.90. The van der Waals surface area contributed by atoms with E-state index in [1.54, 1.807) is 10.6 Å². The van der Waals surface area contributed by atoms with Crippen LogP contribution in [-0.2, 0) is 17.5 Å². The van der Waals surface area contributed by atoms with E-state index < -0.39 is 17.6 Å². The van der Waals surface area contributed by atoms with Gasteiger partial charge < -0.3 is 9.73 Å². The van der Waals surface area contributed by atoms with Crippen LogP contribution in [-0.4, -0.2) is 26.4 Å². The molecule has 0 bridgehead atoms. The van der Waals surface area contributed by atoms with Crippen LogP contribution in [0.4, 0.5) is 18.9 Å². The average Bonchev–Trinajstić information content (AvgIpc) is 3.36. The Hall–Kier alpha value is -2.76. The van der Waals surface area contributed by atoms with Gasteiger partial charge in [-0.2, -0.15) is 13.2 Å². The number of thioether (sulfide) groups is 1. The monoisotopic (exact) mass is 570 g/mol. The fourth-order valence-electron chi connectivity index (χ4n) is 3.11. The fraction of sp³-hybridized carbons (Fsp3) is 0.136. The molecule has 0 unspecified atom stereocenters. The molecule has 0 aliphatic carbocycles. The number of furan rings is 1. The largest absolute Gasteiger partial charge is 0.453 e. The molecule has 4 aromatic rings. The number of alkyl halides is 3. The maximum absolute atomic E-state index is 13.0. The van der Waals surface area contributed by atoms with Crippen molar-refractivity contribution in [2.45, 2.75) is 17.9 Å². The molecule has 0 fully saturated rings. The zero-order valence-corrected chi connectivity index (χ0v) is 20.4. The standard InChI is InChI=1S/C22H15BrClF3N4O2S/c1-2-7-31-20(18-9-12-8-14(23)4-6-17(12)33-18)29-30-21(31)34-11-19(32)28-16-10-13(22(25,26)27)3-5-15(16)24/h2-6,8-10H,1,7,11H2,(H,28,32). The molecule has 4 rings (SSSR count). The molecule has 0 aliphatic rings. The third-order valence-electron chi connectivity index (χ3n) is 4.63.